The number of nitrogens with zero attached hydrogens (tertiary/aromatic N) is 2. The summed E-state index contributed by atoms with van der Waals surface area (Å²) >= 11 is 12.4. The highest BCUT2D eigenvalue weighted by Crippen LogP contribution is 2.35. The van der Waals surface area contributed by atoms with E-state index in [0.717, 1.165) is 9.87 Å². The molecule has 1 amide bonds. The normalized spacial score (nSPS) is 11.8. The Balaban J connectivity index is 1.92. The van der Waals surface area contributed by atoms with Gasteiger partial charge in [0.15, 0.2) is 0 Å². The number of carbonyl (C=O) groups is 1. The molecule has 6 nitrogen and oxygen atoms in total. The van der Waals surface area contributed by atoms with Crippen molar-refractivity contribution in [3.8, 4) is 0 Å². The van der Waals surface area contributed by atoms with Crippen molar-refractivity contribution in [2.24, 2.45) is 5.10 Å². The number of benzene rings is 3. The second kappa shape index (κ2) is 9.96. The van der Waals surface area contributed by atoms with Gasteiger partial charge in [0.25, 0.3) is 15.9 Å². The lowest BCUT2D eigenvalue weighted by atomic mass is 10.1. The number of hydrazone groups is 1. The van der Waals surface area contributed by atoms with E-state index >= 15 is 0 Å². The largest absolute Gasteiger partial charge is 0.271 e. The van der Waals surface area contributed by atoms with Gasteiger partial charge in [-0.2, -0.15) is 5.10 Å². The van der Waals surface area contributed by atoms with Crippen LogP contribution in [0.4, 0.5) is 5.69 Å². The Morgan fingerprint density at radius 1 is 0.935 bits per heavy atom. The third-order valence-corrected chi connectivity index (χ3v) is 6.94. The topological polar surface area (TPSA) is 78.8 Å². The van der Waals surface area contributed by atoms with Crippen LogP contribution in [0.25, 0.3) is 0 Å². The van der Waals surface area contributed by atoms with Gasteiger partial charge in [0.05, 0.1) is 26.3 Å². The number of nitrogens with one attached hydrogen (secondary N) is 1. The monoisotopic (exact) mass is 475 g/mol. The van der Waals surface area contributed by atoms with Crippen molar-refractivity contribution in [2.75, 3.05) is 10.8 Å². The van der Waals surface area contributed by atoms with E-state index in [1.54, 1.807) is 31.2 Å². The average Bonchev–Trinajstić information content (AvgIpc) is 2.79. The molecule has 0 saturated heterocycles. The van der Waals surface area contributed by atoms with E-state index in [0.29, 0.717) is 5.71 Å². The summed E-state index contributed by atoms with van der Waals surface area (Å²) in [6, 6.07) is 21.6. The summed E-state index contributed by atoms with van der Waals surface area (Å²) in [5, 5.41) is 4.27. The molecule has 0 aliphatic rings. The molecule has 160 valence electrons. The predicted molar refractivity (Wildman–Crippen MR) is 124 cm³/mol. The molecule has 3 rings (SSSR count). The maximum atomic E-state index is 13.3. The molecular weight excluding hydrogens is 457 g/mol. The Hall–Kier alpha value is -2.87. The van der Waals surface area contributed by atoms with Gasteiger partial charge in [-0.1, -0.05) is 77.8 Å². The maximum Gasteiger partial charge on any atom is 0.264 e. The first-order chi connectivity index (χ1) is 14.8. The fraction of sp³-hybridized carbons (Fsp3) is 0.0909. The summed E-state index contributed by atoms with van der Waals surface area (Å²) in [7, 11) is -4.10. The van der Waals surface area contributed by atoms with E-state index in [9.17, 15) is 13.2 Å². The van der Waals surface area contributed by atoms with E-state index in [-0.39, 0.29) is 20.6 Å². The molecule has 0 spiro atoms. The van der Waals surface area contributed by atoms with Gasteiger partial charge in [0.1, 0.15) is 6.54 Å². The van der Waals surface area contributed by atoms with Crippen molar-refractivity contribution >= 4 is 50.5 Å². The maximum absolute atomic E-state index is 13.3. The lowest BCUT2D eigenvalue weighted by molar-refractivity contribution is -0.119. The smallest absolute Gasteiger partial charge is 0.264 e. The average molecular weight is 476 g/mol. The summed E-state index contributed by atoms with van der Waals surface area (Å²) in [6.07, 6.45) is 0. The Kier molecular flexibility index (Phi) is 7.33. The molecule has 0 aliphatic heterocycles. The van der Waals surface area contributed by atoms with E-state index in [1.165, 1.54) is 24.3 Å². The summed E-state index contributed by atoms with van der Waals surface area (Å²) in [6.45, 7) is 1.20. The van der Waals surface area contributed by atoms with E-state index < -0.39 is 22.5 Å². The molecule has 9 heteroatoms. The molecule has 3 aromatic carbocycles. The van der Waals surface area contributed by atoms with Crippen LogP contribution < -0.4 is 9.73 Å². The van der Waals surface area contributed by atoms with Crippen molar-refractivity contribution in [1.82, 2.24) is 5.43 Å². The zero-order valence-electron chi connectivity index (χ0n) is 16.5. The van der Waals surface area contributed by atoms with Gasteiger partial charge in [0.2, 0.25) is 0 Å². The third-order valence-electron chi connectivity index (χ3n) is 4.36. The Morgan fingerprint density at radius 2 is 1.55 bits per heavy atom. The number of sulfonamides is 1. The van der Waals surface area contributed by atoms with Crippen molar-refractivity contribution < 1.29 is 13.2 Å². The van der Waals surface area contributed by atoms with E-state index in [1.807, 2.05) is 30.3 Å². The molecular formula is C22H19Cl2N3O3S. The minimum absolute atomic E-state index is 0.0165. The zero-order valence-corrected chi connectivity index (χ0v) is 18.8. The van der Waals surface area contributed by atoms with Gasteiger partial charge in [-0.15, -0.1) is 0 Å². The van der Waals surface area contributed by atoms with E-state index in [2.05, 4.69) is 10.5 Å². The fourth-order valence-electron chi connectivity index (χ4n) is 2.76. The van der Waals surface area contributed by atoms with Crippen LogP contribution in [0.1, 0.15) is 12.5 Å². The third kappa shape index (κ3) is 5.44. The highest BCUT2D eigenvalue weighted by Gasteiger charge is 2.29. The van der Waals surface area contributed by atoms with Gasteiger partial charge < -0.3 is 0 Å². The number of carbonyl (C=O) groups excluding carboxylic acids is 1. The van der Waals surface area contributed by atoms with Gasteiger partial charge in [-0.05, 0) is 36.8 Å². The second-order valence-electron chi connectivity index (χ2n) is 6.50. The van der Waals surface area contributed by atoms with Crippen molar-refractivity contribution in [3.05, 3.63) is 94.5 Å². The SMILES string of the molecule is C/C(=N/NC(=O)CN(c1cccc(Cl)c1Cl)S(=O)(=O)c1ccccc1)c1ccccc1. The molecule has 31 heavy (non-hydrogen) atoms. The minimum atomic E-state index is -4.10. The van der Waals surface area contributed by atoms with Gasteiger partial charge in [0, 0.05) is 0 Å². The molecule has 3 aromatic rings. The number of rotatable bonds is 7. The van der Waals surface area contributed by atoms with Gasteiger partial charge in [-0.3, -0.25) is 9.10 Å². The second-order valence-corrected chi connectivity index (χ2v) is 9.14. The van der Waals surface area contributed by atoms with E-state index in [4.69, 9.17) is 23.2 Å². The zero-order chi connectivity index (χ0) is 22.4. The Morgan fingerprint density at radius 3 is 2.19 bits per heavy atom. The van der Waals surface area contributed by atoms with Gasteiger partial charge >= 0.3 is 0 Å². The number of halogens is 2. The minimum Gasteiger partial charge on any atom is -0.271 e. The van der Waals surface area contributed by atoms with Crippen LogP contribution in [0.2, 0.25) is 10.0 Å². The molecule has 0 aliphatic carbocycles. The first-order valence-corrected chi connectivity index (χ1v) is 11.4. The molecule has 0 saturated carbocycles. The summed E-state index contributed by atoms with van der Waals surface area (Å²) in [4.78, 5) is 12.7. The van der Waals surface area contributed by atoms with Crippen LogP contribution in [-0.2, 0) is 14.8 Å². The van der Waals surface area contributed by atoms with Gasteiger partial charge in [-0.25, -0.2) is 13.8 Å². The van der Waals surface area contributed by atoms with Crippen molar-refractivity contribution in [2.45, 2.75) is 11.8 Å². The quantitative estimate of drug-likeness (QED) is 0.396. The van der Waals surface area contributed by atoms with Crippen molar-refractivity contribution in [3.63, 3.8) is 0 Å². The number of amides is 1. The predicted octanol–water partition coefficient (Wildman–Crippen LogP) is 4.73. The number of hydrogen-bond donors (Lipinski definition) is 1. The highest BCUT2D eigenvalue weighted by molar-refractivity contribution is 7.92. The molecule has 0 heterocycles. The lowest BCUT2D eigenvalue weighted by Gasteiger charge is -2.25. The van der Waals surface area contributed by atoms with Crippen LogP contribution in [0.5, 0.6) is 0 Å². The molecule has 0 atom stereocenters. The lowest BCUT2D eigenvalue weighted by Crippen LogP contribution is -2.40. The molecule has 0 bridgehead atoms. The molecule has 0 radical (unpaired) electrons. The molecule has 0 fully saturated rings. The van der Waals surface area contributed by atoms with Crippen LogP contribution in [0, 0.1) is 0 Å². The van der Waals surface area contributed by atoms with Crippen LogP contribution in [0.3, 0.4) is 0 Å². The Labute approximate surface area is 191 Å². The van der Waals surface area contributed by atoms with Crippen LogP contribution in [-0.4, -0.2) is 26.6 Å². The fourth-order valence-corrected chi connectivity index (χ4v) is 4.66. The first-order valence-electron chi connectivity index (χ1n) is 9.21. The van der Waals surface area contributed by atoms with Crippen LogP contribution in [0.15, 0.2) is 88.9 Å². The molecule has 0 unspecified atom stereocenters. The molecule has 1 N–H and O–H groups in total. The first kappa shape index (κ1) is 22.8. The Bertz CT molecular complexity index is 1200. The molecule has 0 aromatic heterocycles. The summed E-state index contributed by atoms with van der Waals surface area (Å²) < 4.78 is 27.5. The standard InChI is InChI=1S/C22H19Cl2N3O3S/c1-16(17-9-4-2-5-10-17)25-26-21(28)15-27(20-14-8-13-19(23)22(20)24)31(29,30)18-11-6-3-7-12-18/h2-14H,15H2,1H3,(H,26,28)/b25-16-. The summed E-state index contributed by atoms with van der Waals surface area (Å²) in [5.74, 6) is -0.633. The van der Waals surface area contributed by atoms with Crippen LogP contribution >= 0.6 is 23.2 Å². The number of hydrogen-bond acceptors (Lipinski definition) is 4. The summed E-state index contributed by atoms with van der Waals surface area (Å²) in [5.41, 5.74) is 3.90. The highest BCUT2D eigenvalue weighted by atomic mass is 35.5. The van der Waals surface area contributed by atoms with Crippen molar-refractivity contribution in [1.29, 1.82) is 0 Å². The number of anilines is 1.